The number of carboxylic acids is 1. The van der Waals surface area contributed by atoms with Crippen molar-refractivity contribution in [2.75, 3.05) is 33.7 Å². The number of aliphatic carboxylic acids is 1. The molecule has 4 nitrogen and oxygen atoms in total. The standard InChI is InChI=1S/C12H24N2O2/c1-13(2)7-5-9-14-8-4-3-6-11(14)10-12(15)16/h11H,3-10H2,1-2H3,(H,15,16). The number of nitrogens with zero attached hydrogens (tertiary/aromatic N) is 2. The monoisotopic (exact) mass is 228 g/mol. The molecule has 0 radical (unpaired) electrons. The lowest BCUT2D eigenvalue weighted by molar-refractivity contribution is -0.138. The van der Waals surface area contributed by atoms with E-state index < -0.39 is 5.97 Å². The number of piperidine rings is 1. The van der Waals surface area contributed by atoms with Gasteiger partial charge in [-0.2, -0.15) is 0 Å². The smallest absolute Gasteiger partial charge is 0.304 e. The molecule has 1 aliphatic heterocycles. The molecule has 0 saturated carbocycles. The zero-order chi connectivity index (χ0) is 12.0. The molecule has 1 heterocycles. The van der Waals surface area contributed by atoms with Gasteiger partial charge in [-0.1, -0.05) is 6.42 Å². The highest BCUT2D eigenvalue weighted by Crippen LogP contribution is 2.19. The molecule has 0 amide bonds. The summed E-state index contributed by atoms with van der Waals surface area (Å²) in [7, 11) is 4.15. The van der Waals surface area contributed by atoms with E-state index in [1.54, 1.807) is 0 Å². The van der Waals surface area contributed by atoms with Crippen LogP contribution in [0.5, 0.6) is 0 Å². The Labute approximate surface area is 98.2 Å². The fourth-order valence-electron chi connectivity index (χ4n) is 2.38. The maximum atomic E-state index is 10.8. The van der Waals surface area contributed by atoms with Crippen molar-refractivity contribution < 1.29 is 9.90 Å². The van der Waals surface area contributed by atoms with E-state index in [0.717, 1.165) is 32.5 Å². The van der Waals surface area contributed by atoms with Gasteiger partial charge in [0, 0.05) is 6.04 Å². The Bertz CT molecular complexity index is 219. The van der Waals surface area contributed by atoms with E-state index >= 15 is 0 Å². The number of hydrogen-bond acceptors (Lipinski definition) is 3. The van der Waals surface area contributed by atoms with Crippen LogP contribution < -0.4 is 0 Å². The number of likely N-dealkylation sites (tertiary alicyclic amines) is 1. The molecule has 0 aromatic carbocycles. The molecular formula is C12H24N2O2. The lowest BCUT2D eigenvalue weighted by atomic mass is 9.99. The van der Waals surface area contributed by atoms with E-state index in [1.165, 1.54) is 12.8 Å². The Morgan fingerprint density at radius 1 is 1.44 bits per heavy atom. The van der Waals surface area contributed by atoms with Crippen LogP contribution in [0.3, 0.4) is 0 Å². The zero-order valence-corrected chi connectivity index (χ0v) is 10.5. The van der Waals surface area contributed by atoms with Gasteiger partial charge in [0.2, 0.25) is 0 Å². The highest BCUT2D eigenvalue weighted by atomic mass is 16.4. The summed E-state index contributed by atoms with van der Waals surface area (Å²) in [6.45, 7) is 3.19. The minimum absolute atomic E-state index is 0.272. The van der Waals surface area contributed by atoms with Gasteiger partial charge < -0.3 is 10.0 Å². The van der Waals surface area contributed by atoms with Crippen LogP contribution in [-0.2, 0) is 4.79 Å². The molecule has 1 N–H and O–H groups in total. The predicted molar refractivity (Wildman–Crippen MR) is 64.6 cm³/mol. The van der Waals surface area contributed by atoms with Crippen molar-refractivity contribution in [2.45, 2.75) is 38.1 Å². The largest absolute Gasteiger partial charge is 0.481 e. The Kier molecular flexibility index (Phi) is 5.77. The minimum Gasteiger partial charge on any atom is -0.481 e. The summed E-state index contributed by atoms with van der Waals surface area (Å²) < 4.78 is 0. The third kappa shape index (κ3) is 4.94. The first kappa shape index (κ1) is 13.5. The fourth-order valence-corrected chi connectivity index (χ4v) is 2.38. The summed E-state index contributed by atoms with van der Waals surface area (Å²) in [4.78, 5) is 15.3. The SMILES string of the molecule is CN(C)CCCN1CCCCC1CC(=O)O. The molecule has 1 aliphatic rings. The first-order chi connectivity index (χ1) is 7.59. The Morgan fingerprint density at radius 3 is 2.81 bits per heavy atom. The van der Waals surface area contributed by atoms with Gasteiger partial charge in [-0.05, 0) is 53.0 Å². The molecule has 16 heavy (non-hydrogen) atoms. The third-order valence-corrected chi connectivity index (χ3v) is 3.21. The zero-order valence-electron chi connectivity index (χ0n) is 10.5. The van der Waals surface area contributed by atoms with Crippen molar-refractivity contribution in [3.63, 3.8) is 0 Å². The number of carboxylic acid groups (broad SMARTS) is 1. The van der Waals surface area contributed by atoms with Crippen LogP contribution in [0.4, 0.5) is 0 Å². The van der Waals surface area contributed by atoms with Gasteiger partial charge in [0.25, 0.3) is 0 Å². The Morgan fingerprint density at radius 2 is 2.19 bits per heavy atom. The topological polar surface area (TPSA) is 43.8 Å². The van der Waals surface area contributed by atoms with Crippen LogP contribution in [0.25, 0.3) is 0 Å². The van der Waals surface area contributed by atoms with Crippen LogP contribution in [-0.4, -0.2) is 60.6 Å². The normalized spacial score (nSPS) is 22.6. The summed E-state index contributed by atoms with van der Waals surface area (Å²) >= 11 is 0. The van der Waals surface area contributed by atoms with Crippen molar-refractivity contribution in [1.29, 1.82) is 0 Å². The van der Waals surface area contributed by atoms with Crippen LogP contribution >= 0.6 is 0 Å². The molecule has 1 atom stereocenters. The molecule has 0 aliphatic carbocycles. The maximum Gasteiger partial charge on any atom is 0.304 e. The van der Waals surface area contributed by atoms with E-state index in [0.29, 0.717) is 6.42 Å². The van der Waals surface area contributed by atoms with Crippen molar-refractivity contribution in [2.24, 2.45) is 0 Å². The van der Waals surface area contributed by atoms with Gasteiger partial charge >= 0.3 is 5.97 Å². The quantitative estimate of drug-likeness (QED) is 0.743. The molecule has 1 saturated heterocycles. The van der Waals surface area contributed by atoms with Crippen molar-refractivity contribution in [3.05, 3.63) is 0 Å². The summed E-state index contributed by atoms with van der Waals surface area (Å²) in [6.07, 6.45) is 4.89. The van der Waals surface area contributed by atoms with Crippen molar-refractivity contribution >= 4 is 5.97 Å². The van der Waals surface area contributed by atoms with Gasteiger partial charge in [-0.3, -0.25) is 9.69 Å². The molecule has 1 unspecified atom stereocenters. The molecule has 1 fully saturated rings. The first-order valence-electron chi connectivity index (χ1n) is 6.20. The average molecular weight is 228 g/mol. The molecule has 94 valence electrons. The van der Waals surface area contributed by atoms with E-state index in [1.807, 2.05) is 0 Å². The second-order valence-electron chi connectivity index (χ2n) is 4.94. The Balaban J connectivity index is 2.31. The van der Waals surface area contributed by atoms with Crippen LogP contribution in [0.15, 0.2) is 0 Å². The lowest BCUT2D eigenvalue weighted by Crippen LogP contribution is -2.41. The predicted octanol–water partition coefficient (Wildman–Crippen LogP) is 1.27. The van der Waals surface area contributed by atoms with Crippen LogP contribution in [0, 0.1) is 0 Å². The molecule has 0 bridgehead atoms. The van der Waals surface area contributed by atoms with Crippen LogP contribution in [0.2, 0.25) is 0 Å². The Hall–Kier alpha value is -0.610. The first-order valence-corrected chi connectivity index (χ1v) is 6.20. The van der Waals surface area contributed by atoms with Gasteiger partial charge in [0.15, 0.2) is 0 Å². The lowest BCUT2D eigenvalue weighted by Gasteiger charge is -2.35. The van der Waals surface area contributed by atoms with Gasteiger partial charge in [-0.15, -0.1) is 0 Å². The van der Waals surface area contributed by atoms with Gasteiger partial charge in [0.05, 0.1) is 6.42 Å². The molecule has 0 spiro atoms. The molecule has 4 heteroatoms. The number of carbonyl (C=O) groups is 1. The average Bonchev–Trinajstić information content (AvgIpc) is 2.19. The number of rotatable bonds is 6. The summed E-state index contributed by atoms with van der Waals surface area (Å²) in [5, 5.41) is 8.86. The van der Waals surface area contributed by atoms with Gasteiger partial charge in [-0.25, -0.2) is 0 Å². The van der Waals surface area contributed by atoms with Crippen LogP contribution in [0.1, 0.15) is 32.1 Å². The molecule has 1 rings (SSSR count). The van der Waals surface area contributed by atoms with E-state index in [2.05, 4.69) is 23.9 Å². The fraction of sp³-hybridized carbons (Fsp3) is 0.917. The molecule has 0 aromatic heterocycles. The van der Waals surface area contributed by atoms with E-state index in [4.69, 9.17) is 5.11 Å². The third-order valence-electron chi connectivity index (χ3n) is 3.21. The molecular weight excluding hydrogens is 204 g/mol. The van der Waals surface area contributed by atoms with Crippen molar-refractivity contribution in [1.82, 2.24) is 9.80 Å². The highest BCUT2D eigenvalue weighted by molar-refractivity contribution is 5.67. The van der Waals surface area contributed by atoms with E-state index in [-0.39, 0.29) is 6.04 Å². The maximum absolute atomic E-state index is 10.8. The van der Waals surface area contributed by atoms with Gasteiger partial charge in [0.1, 0.15) is 0 Å². The number of hydrogen-bond donors (Lipinski definition) is 1. The minimum atomic E-state index is -0.662. The highest BCUT2D eigenvalue weighted by Gasteiger charge is 2.23. The molecule has 0 aromatic rings. The summed E-state index contributed by atoms with van der Waals surface area (Å²) in [5.74, 6) is -0.662. The van der Waals surface area contributed by atoms with Crippen molar-refractivity contribution in [3.8, 4) is 0 Å². The van der Waals surface area contributed by atoms with E-state index in [9.17, 15) is 4.79 Å². The summed E-state index contributed by atoms with van der Waals surface area (Å²) in [5.41, 5.74) is 0. The second-order valence-corrected chi connectivity index (χ2v) is 4.94. The summed E-state index contributed by atoms with van der Waals surface area (Å²) in [6, 6.07) is 0.272. The second kappa shape index (κ2) is 6.86.